The second-order valence-electron chi connectivity index (χ2n) is 3.42. The molecule has 0 saturated heterocycles. The summed E-state index contributed by atoms with van der Waals surface area (Å²) in [5, 5.41) is 2.41. The van der Waals surface area contributed by atoms with Crippen LogP contribution in [0.25, 0.3) is 0 Å². The number of terminal acetylenes is 1. The summed E-state index contributed by atoms with van der Waals surface area (Å²) in [5.41, 5.74) is 8.23. The average Bonchev–Trinajstić information content (AvgIpc) is 2.23. The van der Waals surface area contributed by atoms with Crippen LogP contribution in [0, 0.1) is 26.2 Å². The van der Waals surface area contributed by atoms with Gasteiger partial charge in [0, 0.05) is 5.69 Å². The SMILES string of the molecule is C#CCNC(=O)Oc1cc(C)c(N)c(C)c1. The number of nitrogens with one attached hydrogen (secondary N) is 1. The Hall–Kier alpha value is -2.15. The zero-order chi connectivity index (χ0) is 12.1. The molecule has 0 radical (unpaired) electrons. The highest BCUT2D eigenvalue weighted by Gasteiger charge is 2.06. The summed E-state index contributed by atoms with van der Waals surface area (Å²) in [6.45, 7) is 3.86. The van der Waals surface area contributed by atoms with Crippen LogP contribution in [0.4, 0.5) is 10.5 Å². The minimum absolute atomic E-state index is 0.145. The molecule has 0 heterocycles. The number of carbonyl (C=O) groups excluding carboxylic acids is 1. The van der Waals surface area contributed by atoms with Gasteiger partial charge >= 0.3 is 6.09 Å². The van der Waals surface area contributed by atoms with Crippen molar-refractivity contribution in [3.05, 3.63) is 23.3 Å². The van der Waals surface area contributed by atoms with Crippen molar-refractivity contribution in [2.75, 3.05) is 12.3 Å². The van der Waals surface area contributed by atoms with E-state index in [4.69, 9.17) is 16.9 Å². The molecule has 0 aliphatic heterocycles. The van der Waals surface area contributed by atoms with Gasteiger partial charge in [0.05, 0.1) is 6.54 Å². The van der Waals surface area contributed by atoms with Gasteiger partial charge in [-0.05, 0) is 37.1 Å². The normalized spacial score (nSPS) is 9.31. The van der Waals surface area contributed by atoms with Crippen molar-refractivity contribution < 1.29 is 9.53 Å². The summed E-state index contributed by atoms with van der Waals surface area (Å²) in [6.07, 6.45) is 4.43. The second kappa shape index (κ2) is 5.08. The number of carbonyl (C=O) groups is 1. The van der Waals surface area contributed by atoms with E-state index in [1.807, 2.05) is 13.8 Å². The van der Waals surface area contributed by atoms with Crippen LogP contribution in [0.3, 0.4) is 0 Å². The largest absolute Gasteiger partial charge is 0.413 e. The van der Waals surface area contributed by atoms with Crippen LogP contribution in [-0.2, 0) is 0 Å². The molecular weight excluding hydrogens is 204 g/mol. The number of hydrogen-bond acceptors (Lipinski definition) is 3. The second-order valence-corrected chi connectivity index (χ2v) is 3.42. The first kappa shape index (κ1) is 11.9. The maximum atomic E-state index is 11.2. The summed E-state index contributed by atoms with van der Waals surface area (Å²) in [4.78, 5) is 11.2. The van der Waals surface area contributed by atoms with E-state index in [0.717, 1.165) is 11.1 Å². The van der Waals surface area contributed by atoms with Crippen LogP contribution >= 0.6 is 0 Å². The number of nitrogens with two attached hydrogens (primary N) is 1. The molecule has 16 heavy (non-hydrogen) atoms. The molecule has 0 bridgehead atoms. The standard InChI is InChI=1S/C12H14N2O2/c1-4-5-14-12(15)16-10-6-8(2)11(13)9(3)7-10/h1,6-7H,5,13H2,2-3H3,(H,14,15). The zero-order valence-electron chi connectivity index (χ0n) is 9.33. The number of nitrogen functional groups attached to an aromatic ring is 1. The van der Waals surface area contributed by atoms with Crippen LogP contribution in [0.5, 0.6) is 5.75 Å². The monoisotopic (exact) mass is 218 g/mol. The maximum absolute atomic E-state index is 11.2. The van der Waals surface area contributed by atoms with E-state index >= 15 is 0 Å². The summed E-state index contributed by atoms with van der Waals surface area (Å²) in [7, 11) is 0. The van der Waals surface area contributed by atoms with E-state index in [2.05, 4.69) is 11.2 Å². The molecule has 0 saturated carbocycles. The Labute approximate surface area is 94.8 Å². The summed E-state index contributed by atoms with van der Waals surface area (Å²) in [6, 6.07) is 3.41. The van der Waals surface area contributed by atoms with Crippen molar-refractivity contribution in [2.45, 2.75) is 13.8 Å². The Kier molecular flexibility index (Phi) is 3.78. The first-order valence-electron chi connectivity index (χ1n) is 4.80. The number of hydrogen-bond donors (Lipinski definition) is 2. The lowest BCUT2D eigenvalue weighted by Crippen LogP contribution is -2.27. The van der Waals surface area contributed by atoms with E-state index < -0.39 is 6.09 Å². The van der Waals surface area contributed by atoms with Gasteiger partial charge < -0.3 is 15.8 Å². The topological polar surface area (TPSA) is 64.3 Å². The van der Waals surface area contributed by atoms with Gasteiger partial charge in [-0.25, -0.2) is 4.79 Å². The van der Waals surface area contributed by atoms with E-state index in [0.29, 0.717) is 11.4 Å². The Morgan fingerprint density at radius 2 is 2.06 bits per heavy atom. The van der Waals surface area contributed by atoms with Crippen LogP contribution in [-0.4, -0.2) is 12.6 Å². The van der Waals surface area contributed by atoms with E-state index in [-0.39, 0.29) is 6.54 Å². The summed E-state index contributed by atoms with van der Waals surface area (Å²) >= 11 is 0. The Bertz CT molecular complexity index is 424. The van der Waals surface area contributed by atoms with Crippen LogP contribution < -0.4 is 15.8 Å². The van der Waals surface area contributed by atoms with Crippen molar-refractivity contribution in [1.29, 1.82) is 0 Å². The Morgan fingerprint density at radius 3 is 2.56 bits per heavy atom. The molecule has 0 spiro atoms. The number of aryl methyl sites for hydroxylation is 2. The fourth-order valence-corrected chi connectivity index (χ4v) is 1.26. The van der Waals surface area contributed by atoms with Gasteiger partial charge in [0.2, 0.25) is 0 Å². The first-order chi connectivity index (χ1) is 7.54. The van der Waals surface area contributed by atoms with Gasteiger partial charge in [-0.1, -0.05) is 5.92 Å². The molecular formula is C12H14N2O2. The number of ether oxygens (including phenoxy) is 1. The molecule has 0 atom stereocenters. The van der Waals surface area contributed by atoms with Gasteiger partial charge in [0.25, 0.3) is 0 Å². The van der Waals surface area contributed by atoms with Crippen LogP contribution in [0.15, 0.2) is 12.1 Å². The maximum Gasteiger partial charge on any atom is 0.413 e. The molecule has 0 aliphatic rings. The van der Waals surface area contributed by atoms with Gasteiger partial charge in [-0.3, -0.25) is 0 Å². The van der Waals surface area contributed by atoms with Crippen molar-refractivity contribution in [3.8, 4) is 18.1 Å². The van der Waals surface area contributed by atoms with Crippen molar-refractivity contribution in [2.24, 2.45) is 0 Å². The highest BCUT2D eigenvalue weighted by molar-refractivity contribution is 5.71. The zero-order valence-corrected chi connectivity index (χ0v) is 9.33. The predicted molar refractivity (Wildman–Crippen MR) is 63.2 cm³/mol. The number of rotatable bonds is 2. The summed E-state index contributed by atoms with van der Waals surface area (Å²) < 4.78 is 5.03. The lowest BCUT2D eigenvalue weighted by atomic mass is 10.1. The molecule has 1 amide bonds. The molecule has 0 aromatic heterocycles. The van der Waals surface area contributed by atoms with Crippen LogP contribution in [0.1, 0.15) is 11.1 Å². The number of benzene rings is 1. The van der Waals surface area contributed by atoms with Crippen LogP contribution in [0.2, 0.25) is 0 Å². The molecule has 1 rings (SSSR count). The number of amides is 1. The molecule has 0 unspecified atom stereocenters. The van der Waals surface area contributed by atoms with Gasteiger partial charge in [-0.15, -0.1) is 6.42 Å². The third-order valence-electron chi connectivity index (χ3n) is 2.11. The predicted octanol–water partition coefficient (Wildman–Crippen LogP) is 1.61. The number of anilines is 1. The molecule has 1 aromatic carbocycles. The third-order valence-corrected chi connectivity index (χ3v) is 2.11. The van der Waals surface area contributed by atoms with E-state index in [1.165, 1.54) is 0 Å². The minimum Gasteiger partial charge on any atom is -0.410 e. The third kappa shape index (κ3) is 2.92. The van der Waals surface area contributed by atoms with E-state index in [1.54, 1.807) is 12.1 Å². The molecule has 84 valence electrons. The highest BCUT2D eigenvalue weighted by Crippen LogP contribution is 2.23. The fraction of sp³-hybridized carbons (Fsp3) is 0.250. The molecule has 4 heteroatoms. The quantitative estimate of drug-likeness (QED) is 0.585. The molecule has 1 aromatic rings. The fourth-order valence-electron chi connectivity index (χ4n) is 1.26. The molecule has 3 N–H and O–H groups in total. The van der Waals surface area contributed by atoms with Gasteiger partial charge in [0.1, 0.15) is 5.75 Å². The van der Waals surface area contributed by atoms with Crippen molar-refractivity contribution in [1.82, 2.24) is 5.32 Å². The molecule has 0 aliphatic carbocycles. The van der Waals surface area contributed by atoms with Crippen molar-refractivity contribution in [3.63, 3.8) is 0 Å². The van der Waals surface area contributed by atoms with Crippen molar-refractivity contribution >= 4 is 11.8 Å². The summed E-state index contributed by atoms with van der Waals surface area (Å²) in [5.74, 6) is 2.74. The lowest BCUT2D eigenvalue weighted by Gasteiger charge is -2.09. The minimum atomic E-state index is -0.568. The van der Waals surface area contributed by atoms with Gasteiger partial charge in [-0.2, -0.15) is 0 Å². The van der Waals surface area contributed by atoms with E-state index in [9.17, 15) is 4.79 Å². The Balaban J connectivity index is 2.76. The first-order valence-corrected chi connectivity index (χ1v) is 4.80. The molecule has 0 fully saturated rings. The Morgan fingerprint density at radius 1 is 1.50 bits per heavy atom. The lowest BCUT2D eigenvalue weighted by molar-refractivity contribution is 0.202. The molecule has 4 nitrogen and oxygen atoms in total. The average molecular weight is 218 g/mol. The smallest absolute Gasteiger partial charge is 0.410 e. The highest BCUT2D eigenvalue weighted by atomic mass is 16.6. The van der Waals surface area contributed by atoms with Gasteiger partial charge in [0.15, 0.2) is 0 Å².